The average Bonchev–Trinajstić information content (AvgIpc) is 2.68. The molecule has 1 N–H and O–H groups in total. The van der Waals surface area contributed by atoms with Gasteiger partial charge in [-0.15, -0.1) is 0 Å². The Labute approximate surface area is 164 Å². The number of aliphatic carboxylic acids is 1. The monoisotopic (exact) mass is 399 g/mol. The van der Waals surface area contributed by atoms with Gasteiger partial charge in [-0.1, -0.05) is 29.8 Å². The normalized spacial score (nSPS) is 16.9. The minimum atomic E-state index is -1.28. The van der Waals surface area contributed by atoms with Gasteiger partial charge in [-0.25, -0.2) is 0 Å². The zero-order chi connectivity index (χ0) is 19.8. The van der Waals surface area contributed by atoms with Crippen molar-refractivity contribution in [2.75, 3.05) is 19.8 Å². The molecule has 2 heterocycles. The molecular weight excluding hydrogens is 386 g/mol. The fraction of sp³-hybridized carbons (Fsp3) is 0.150. The van der Waals surface area contributed by atoms with E-state index in [1.165, 1.54) is 0 Å². The van der Waals surface area contributed by atoms with Crippen molar-refractivity contribution in [3.8, 4) is 11.5 Å². The van der Waals surface area contributed by atoms with Gasteiger partial charge in [-0.2, -0.15) is 0 Å². The number of amides is 2. The van der Waals surface area contributed by atoms with Crippen LogP contribution in [-0.2, 0) is 9.59 Å². The van der Waals surface area contributed by atoms with Gasteiger partial charge in [0.15, 0.2) is 11.5 Å². The van der Waals surface area contributed by atoms with E-state index in [1.807, 2.05) is 0 Å². The number of carbonyl (C=O) groups excluding carboxylic acids is 2. The van der Waals surface area contributed by atoms with Crippen molar-refractivity contribution < 1.29 is 29.0 Å². The number of imide groups is 1. The van der Waals surface area contributed by atoms with E-state index in [1.54, 1.807) is 42.5 Å². The first-order valence-corrected chi connectivity index (χ1v) is 8.81. The number of hydrogen-bond acceptors (Lipinski definition) is 5. The number of nitrogens with zero attached hydrogens (tertiary/aromatic N) is 1. The van der Waals surface area contributed by atoms with E-state index in [0.29, 0.717) is 40.9 Å². The number of benzene rings is 2. The molecule has 0 unspecified atom stereocenters. The smallest absolute Gasteiger partial charge is 0.323 e. The first kappa shape index (κ1) is 18.1. The lowest BCUT2D eigenvalue weighted by Gasteiger charge is -2.27. The van der Waals surface area contributed by atoms with Crippen molar-refractivity contribution in [1.82, 2.24) is 4.90 Å². The molecule has 8 heteroatoms. The molecule has 0 aromatic heterocycles. The average molecular weight is 400 g/mol. The van der Waals surface area contributed by atoms with Gasteiger partial charge in [0.2, 0.25) is 0 Å². The molecule has 2 aliphatic heterocycles. The van der Waals surface area contributed by atoms with E-state index < -0.39 is 24.3 Å². The summed E-state index contributed by atoms with van der Waals surface area (Å²) in [5.74, 6) is -1.70. The maximum atomic E-state index is 12.9. The van der Waals surface area contributed by atoms with Crippen LogP contribution in [0.5, 0.6) is 11.5 Å². The first-order valence-electron chi connectivity index (χ1n) is 8.44. The Hall–Kier alpha value is -3.32. The van der Waals surface area contributed by atoms with Crippen molar-refractivity contribution >= 4 is 41.0 Å². The lowest BCUT2D eigenvalue weighted by atomic mass is 9.92. The van der Waals surface area contributed by atoms with Gasteiger partial charge in [0, 0.05) is 11.1 Å². The van der Waals surface area contributed by atoms with Crippen LogP contribution in [0.3, 0.4) is 0 Å². The Kier molecular flexibility index (Phi) is 4.52. The molecule has 2 aliphatic rings. The van der Waals surface area contributed by atoms with Gasteiger partial charge in [0.25, 0.3) is 11.8 Å². The number of carbonyl (C=O) groups is 3. The number of halogens is 1. The van der Waals surface area contributed by atoms with Gasteiger partial charge in [-0.05, 0) is 35.4 Å². The van der Waals surface area contributed by atoms with Crippen LogP contribution >= 0.6 is 11.6 Å². The second kappa shape index (κ2) is 7.01. The predicted octanol–water partition coefficient (Wildman–Crippen LogP) is 2.72. The SMILES string of the molecule is O=C(O)CN1C(=O)/C(=C/c2cc(Cl)c3c(c2)OCCO3)c2ccccc2C1=O. The Balaban J connectivity index is 1.84. The van der Waals surface area contributed by atoms with E-state index in [9.17, 15) is 14.4 Å². The molecule has 2 amide bonds. The van der Waals surface area contributed by atoms with Crippen molar-refractivity contribution in [1.29, 1.82) is 0 Å². The highest BCUT2D eigenvalue weighted by molar-refractivity contribution is 6.35. The summed E-state index contributed by atoms with van der Waals surface area (Å²) in [6, 6.07) is 9.87. The third-order valence-electron chi connectivity index (χ3n) is 4.39. The summed E-state index contributed by atoms with van der Waals surface area (Å²) in [7, 11) is 0. The van der Waals surface area contributed by atoms with Gasteiger partial charge < -0.3 is 14.6 Å². The second-order valence-electron chi connectivity index (χ2n) is 6.22. The van der Waals surface area contributed by atoms with Crippen molar-refractivity contribution in [3.05, 3.63) is 58.1 Å². The number of rotatable bonds is 3. The van der Waals surface area contributed by atoms with Crippen LogP contribution in [0.1, 0.15) is 21.5 Å². The lowest BCUT2D eigenvalue weighted by Crippen LogP contribution is -2.44. The molecule has 0 radical (unpaired) electrons. The number of carboxylic acids is 1. The molecule has 0 saturated carbocycles. The van der Waals surface area contributed by atoms with Crippen molar-refractivity contribution in [2.24, 2.45) is 0 Å². The second-order valence-corrected chi connectivity index (χ2v) is 6.63. The zero-order valence-corrected chi connectivity index (χ0v) is 15.2. The Bertz CT molecular complexity index is 1040. The van der Waals surface area contributed by atoms with Crippen molar-refractivity contribution in [3.63, 3.8) is 0 Å². The maximum Gasteiger partial charge on any atom is 0.323 e. The third kappa shape index (κ3) is 3.10. The predicted molar refractivity (Wildman–Crippen MR) is 100 cm³/mol. The molecule has 0 fully saturated rings. The minimum absolute atomic E-state index is 0.198. The highest BCUT2D eigenvalue weighted by atomic mass is 35.5. The quantitative estimate of drug-likeness (QED) is 0.630. The molecule has 0 bridgehead atoms. The van der Waals surface area contributed by atoms with E-state index >= 15 is 0 Å². The number of hydrogen-bond donors (Lipinski definition) is 1. The minimum Gasteiger partial charge on any atom is -0.486 e. The van der Waals surface area contributed by atoms with Crippen LogP contribution in [-0.4, -0.2) is 47.5 Å². The summed E-state index contributed by atoms with van der Waals surface area (Å²) >= 11 is 6.26. The molecule has 7 nitrogen and oxygen atoms in total. The molecule has 0 atom stereocenters. The van der Waals surface area contributed by atoms with Crippen LogP contribution in [0, 0.1) is 0 Å². The summed E-state index contributed by atoms with van der Waals surface area (Å²) in [5, 5.41) is 9.41. The number of carboxylic acid groups (broad SMARTS) is 1. The molecule has 2 aromatic carbocycles. The Morgan fingerprint density at radius 2 is 1.82 bits per heavy atom. The van der Waals surface area contributed by atoms with E-state index in [2.05, 4.69) is 0 Å². The molecule has 4 rings (SSSR count). The summed E-state index contributed by atoms with van der Waals surface area (Å²) in [4.78, 5) is 37.3. The molecule has 28 heavy (non-hydrogen) atoms. The molecule has 0 spiro atoms. The van der Waals surface area contributed by atoms with Crippen LogP contribution < -0.4 is 9.47 Å². The van der Waals surface area contributed by atoms with Gasteiger partial charge in [0.05, 0.1) is 5.02 Å². The maximum absolute atomic E-state index is 12.9. The van der Waals surface area contributed by atoms with E-state index in [4.69, 9.17) is 26.2 Å². The molecule has 2 aromatic rings. The molecule has 142 valence electrons. The number of ether oxygens (including phenoxy) is 2. The van der Waals surface area contributed by atoms with Crippen LogP contribution in [0.4, 0.5) is 0 Å². The van der Waals surface area contributed by atoms with Crippen molar-refractivity contribution in [2.45, 2.75) is 0 Å². The van der Waals surface area contributed by atoms with Crippen LogP contribution in [0.25, 0.3) is 11.6 Å². The fourth-order valence-electron chi connectivity index (χ4n) is 3.20. The van der Waals surface area contributed by atoms with Gasteiger partial charge in [0.1, 0.15) is 19.8 Å². The molecular formula is C20H14ClNO6. The van der Waals surface area contributed by atoms with E-state index in [0.717, 1.165) is 4.90 Å². The highest BCUT2D eigenvalue weighted by Crippen LogP contribution is 2.40. The number of fused-ring (bicyclic) bond motifs is 2. The topological polar surface area (TPSA) is 93.1 Å². The summed E-state index contributed by atoms with van der Waals surface area (Å²) in [5.41, 5.74) is 1.46. The fourth-order valence-corrected chi connectivity index (χ4v) is 3.48. The third-order valence-corrected chi connectivity index (χ3v) is 4.67. The lowest BCUT2D eigenvalue weighted by molar-refractivity contribution is -0.141. The van der Waals surface area contributed by atoms with Gasteiger partial charge in [-0.3, -0.25) is 19.3 Å². The summed E-state index contributed by atoms with van der Waals surface area (Å²) in [6.07, 6.45) is 1.56. The van der Waals surface area contributed by atoms with Gasteiger partial charge >= 0.3 is 5.97 Å². The Morgan fingerprint density at radius 1 is 1.11 bits per heavy atom. The molecule has 0 aliphatic carbocycles. The largest absolute Gasteiger partial charge is 0.486 e. The summed E-state index contributed by atoms with van der Waals surface area (Å²) in [6.45, 7) is 0.0581. The van der Waals surface area contributed by atoms with Crippen LogP contribution in [0.15, 0.2) is 36.4 Å². The highest BCUT2D eigenvalue weighted by Gasteiger charge is 2.35. The molecule has 0 saturated heterocycles. The standard InChI is InChI=1S/C20H14ClNO6/c21-15-8-11(9-16-18(15)28-6-5-27-16)7-14-12-3-1-2-4-13(12)19(25)22(20(14)26)10-17(23)24/h1-4,7-9H,5-6,10H2,(H,23,24)/b14-7+. The van der Waals surface area contributed by atoms with E-state index in [-0.39, 0.29) is 11.1 Å². The summed E-state index contributed by atoms with van der Waals surface area (Å²) < 4.78 is 11.0. The zero-order valence-electron chi connectivity index (χ0n) is 14.5. The van der Waals surface area contributed by atoms with Crippen LogP contribution in [0.2, 0.25) is 5.02 Å². The first-order chi connectivity index (χ1) is 13.5. The Morgan fingerprint density at radius 3 is 2.57 bits per heavy atom.